The zero-order valence-electron chi connectivity index (χ0n) is 40.2. The topological polar surface area (TPSA) is 441 Å². The number of carbonyl (C=O) groups excluding carboxylic acids is 2. The second-order valence-corrected chi connectivity index (χ2v) is 18.1. The van der Waals surface area contributed by atoms with Crippen LogP contribution in [0, 0.1) is 0 Å². The van der Waals surface area contributed by atoms with Crippen molar-refractivity contribution in [2.75, 3.05) is 19.8 Å². The molecule has 0 amide bonds. The molecule has 16 N–H and O–H groups in total. The van der Waals surface area contributed by atoms with Gasteiger partial charge in [-0.05, 0) is 65.8 Å². The Hall–Kier alpha value is -7.48. The van der Waals surface area contributed by atoms with Gasteiger partial charge in [-0.2, -0.15) is 0 Å². The van der Waals surface area contributed by atoms with Crippen LogP contribution < -0.4 is 9.47 Å². The number of hydrogen-bond donors (Lipinski definition) is 16. The minimum absolute atomic E-state index is 0.0200. The van der Waals surface area contributed by atoms with Crippen molar-refractivity contribution < 1.29 is 134 Å². The summed E-state index contributed by atoms with van der Waals surface area (Å²) < 4.78 is 52.5. The number of hydrogen-bond acceptors (Lipinski definition) is 27. The Labute approximate surface area is 439 Å². The van der Waals surface area contributed by atoms with Gasteiger partial charge in [-0.1, -0.05) is 18.2 Å². The number of aliphatic hydroxyl groups excluding tert-OH is 9. The molecule has 4 aliphatic rings. The Bertz CT molecular complexity index is 2890. The summed E-state index contributed by atoms with van der Waals surface area (Å²) >= 11 is 0. The molecule has 0 bridgehead atoms. The maximum atomic E-state index is 13.0. The lowest BCUT2D eigenvalue weighted by Gasteiger charge is -2.46. The molecule has 0 radical (unpaired) electrons. The van der Waals surface area contributed by atoms with Gasteiger partial charge in [0.15, 0.2) is 53.0 Å². The molecule has 0 spiro atoms. The molecule has 4 aromatic carbocycles. The molecule has 16 atom stereocenters. The van der Waals surface area contributed by atoms with E-state index < -0.39 is 170 Å². The van der Waals surface area contributed by atoms with E-state index in [0.29, 0.717) is 0 Å². The molecule has 3 saturated heterocycles. The van der Waals surface area contributed by atoms with Gasteiger partial charge in [-0.3, -0.25) is 0 Å². The van der Waals surface area contributed by atoms with E-state index >= 15 is 0 Å². The Morgan fingerprint density at radius 1 is 0.513 bits per heavy atom. The largest absolute Gasteiger partial charge is 0.508 e. The van der Waals surface area contributed by atoms with E-state index in [2.05, 4.69) is 0 Å². The predicted octanol–water partition coefficient (Wildman–Crippen LogP) is -1.55. The van der Waals surface area contributed by atoms with Crippen LogP contribution in [0.15, 0.2) is 84.6 Å². The molecule has 8 rings (SSSR count). The van der Waals surface area contributed by atoms with E-state index in [-0.39, 0.29) is 39.5 Å². The number of rotatable bonds is 16. The second kappa shape index (κ2) is 24.0. The second-order valence-electron chi connectivity index (χ2n) is 18.1. The SMILES string of the molecule is O=C(/C=C/c1ccc(O)c(O)c1)OC[C@H]1O[C@@H](O[C@H]2[C@H](OC3=Cc4c(cc(O)cc4O[C@@H]4O[C@H](CO)[C@@H](O)[C@H](O)[C@H]4O)OC3c3ccc(O)c(O)c3)O[C@H](COC(=O)/C=C/c3ccc(O)c(O)c3)[C@@H](O)[C@@H]2O)[C@H](O)[C@@H](O)[C@@H]1O. The Balaban J connectivity index is 1.11. The van der Waals surface area contributed by atoms with Crippen LogP contribution in [0.2, 0.25) is 0 Å². The van der Waals surface area contributed by atoms with E-state index in [1.54, 1.807) is 0 Å². The minimum Gasteiger partial charge on any atom is -0.508 e. The molecule has 0 aliphatic carbocycles. The van der Waals surface area contributed by atoms with Crippen LogP contribution in [-0.4, -0.2) is 206 Å². The van der Waals surface area contributed by atoms with Crippen LogP contribution in [0.3, 0.4) is 0 Å². The molecule has 78 heavy (non-hydrogen) atoms. The zero-order chi connectivity index (χ0) is 56.3. The molecule has 3 fully saturated rings. The molecule has 420 valence electrons. The zero-order valence-corrected chi connectivity index (χ0v) is 40.2. The van der Waals surface area contributed by atoms with Crippen LogP contribution in [0.4, 0.5) is 0 Å². The average molecular weight is 1100 g/mol. The van der Waals surface area contributed by atoms with Crippen molar-refractivity contribution >= 4 is 30.2 Å². The predicted molar refractivity (Wildman–Crippen MR) is 256 cm³/mol. The summed E-state index contributed by atoms with van der Waals surface area (Å²) in [5.41, 5.74) is 0.427. The summed E-state index contributed by atoms with van der Waals surface area (Å²) in [5, 5.41) is 169. The summed E-state index contributed by atoms with van der Waals surface area (Å²) in [5.74, 6) is -6.54. The normalized spacial score (nSPS) is 31.0. The summed E-state index contributed by atoms with van der Waals surface area (Å²) in [6.07, 6.45) is -25.0. The number of esters is 2. The number of carbonyl (C=O) groups is 2. The lowest BCUT2D eigenvalue weighted by molar-refractivity contribution is -0.364. The quantitative estimate of drug-likeness (QED) is 0.0343. The standard InChI is InChI=1S/C51H54O27/c52-17-34-39(62)42(65)45(68)49(75-34)73-32-15-23(53)14-31-24(32)16-33(47(72-31)22-5-8-27(56)30(59)13-22)74-51-48(44(67)41(64)36(77-51)19-71-38(61)10-4-21-2-7-26(55)29(58)12-21)78-50-46(69)43(66)40(63)35(76-50)18-70-37(60)9-3-20-1-6-25(54)28(57)11-20/h1-16,34-36,39-59,62-69H,17-19H2/b9-3+,10-4+/t34-,35-,36-,39-,40-,41-,42+,43+,44+,45-,46-,47?,48-,49-,50+,51-/m1/s1. The van der Waals surface area contributed by atoms with Gasteiger partial charge in [0.1, 0.15) is 103 Å². The molecular formula is C51H54O27. The molecule has 27 heteroatoms. The monoisotopic (exact) mass is 1100 g/mol. The van der Waals surface area contributed by atoms with E-state index in [4.69, 9.17) is 42.6 Å². The van der Waals surface area contributed by atoms with E-state index in [1.165, 1.54) is 42.5 Å². The highest BCUT2D eigenvalue weighted by Crippen LogP contribution is 2.47. The van der Waals surface area contributed by atoms with Crippen molar-refractivity contribution in [1.29, 1.82) is 0 Å². The molecule has 27 nitrogen and oxygen atoms in total. The maximum absolute atomic E-state index is 13.0. The number of aliphatic hydroxyl groups is 9. The number of aromatic hydroxyl groups is 7. The third kappa shape index (κ3) is 12.6. The summed E-state index contributed by atoms with van der Waals surface area (Å²) in [6.45, 7) is -2.46. The number of benzene rings is 4. The van der Waals surface area contributed by atoms with Crippen LogP contribution >= 0.6 is 0 Å². The number of ether oxygens (including phenoxy) is 9. The van der Waals surface area contributed by atoms with Gasteiger partial charge in [0, 0.05) is 29.8 Å². The maximum Gasteiger partial charge on any atom is 0.330 e. The summed E-state index contributed by atoms with van der Waals surface area (Å²) in [7, 11) is 0. The van der Waals surface area contributed by atoms with E-state index in [9.17, 15) is 91.3 Å². The lowest BCUT2D eigenvalue weighted by Crippen LogP contribution is -2.64. The number of phenolic OH excluding ortho intramolecular Hbond substituents is 7. The average Bonchev–Trinajstić information content (AvgIpc) is 3.45. The van der Waals surface area contributed by atoms with Crippen molar-refractivity contribution in [2.45, 2.75) is 98.2 Å². The fourth-order valence-electron chi connectivity index (χ4n) is 8.43. The fraction of sp³-hybridized carbons (Fsp3) is 0.373. The van der Waals surface area contributed by atoms with Crippen molar-refractivity contribution in [3.63, 3.8) is 0 Å². The Morgan fingerprint density at radius 3 is 1.56 bits per heavy atom. The van der Waals surface area contributed by atoms with Gasteiger partial charge in [0.2, 0.25) is 12.6 Å². The highest BCUT2D eigenvalue weighted by Gasteiger charge is 2.53. The minimum atomic E-state index is -2.18. The molecule has 4 aliphatic heterocycles. The van der Waals surface area contributed by atoms with E-state index in [0.717, 1.165) is 54.6 Å². The first-order valence-corrected chi connectivity index (χ1v) is 23.6. The first kappa shape index (κ1) is 56.7. The van der Waals surface area contributed by atoms with E-state index in [1.807, 2.05) is 0 Å². The molecule has 0 saturated carbocycles. The molecule has 0 aromatic heterocycles. The van der Waals surface area contributed by atoms with Crippen molar-refractivity contribution in [2.24, 2.45) is 0 Å². The highest BCUT2D eigenvalue weighted by atomic mass is 16.8. The smallest absolute Gasteiger partial charge is 0.330 e. The lowest BCUT2D eigenvalue weighted by atomic mass is 9.97. The molecule has 4 heterocycles. The Kier molecular flexibility index (Phi) is 17.5. The van der Waals surface area contributed by atoms with Crippen molar-refractivity contribution in [1.82, 2.24) is 0 Å². The van der Waals surface area contributed by atoms with Gasteiger partial charge in [-0.25, -0.2) is 9.59 Å². The third-order valence-electron chi connectivity index (χ3n) is 12.7. The number of phenols is 7. The van der Waals surface area contributed by atoms with Crippen LogP contribution in [0.5, 0.6) is 51.7 Å². The van der Waals surface area contributed by atoms with Gasteiger partial charge < -0.3 is 124 Å². The first-order chi connectivity index (χ1) is 37.1. The van der Waals surface area contributed by atoms with Crippen molar-refractivity contribution in [3.8, 4) is 51.7 Å². The summed E-state index contributed by atoms with van der Waals surface area (Å²) in [4.78, 5) is 25.7. The van der Waals surface area contributed by atoms with Gasteiger partial charge in [0.25, 0.3) is 0 Å². The summed E-state index contributed by atoms with van der Waals surface area (Å²) in [6, 6.07) is 12.9. The fourth-order valence-corrected chi connectivity index (χ4v) is 8.43. The molecule has 1 unspecified atom stereocenters. The van der Waals surface area contributed by atoms with Crippen LogP contribution in [0.1, 0.15) is 28.4 Å². The van der Waals surface area contributed by atoms with Crippen LogP contribution in [-0.2, 0) is 42.7 Å². The highest BCUT2D eigenvalue weighted by molar-refractivity contribution is 5.87. The van der Waals surface area contributed by atoms with Crippen LogP contribution in [0.25, 0.3) is 18.2 Å². The van der Waals surface area contributed by atoms with Gasteiger partial charge >= 0.3 is 11.9 Å². The first-order valence-electron chi connectivity index (χ1n) is 23.6. The molecular weight excluding hydrogens is 1040 g/mol. The third-order valence-corrected chi connectivity index (χ3v) is 12.7. The number of fused-ring (bicyclic) bond motifs is 1. The van der Waals surface area contributed by atoms with Crippen molar-refractivity contribution in [3.05, 3.63) is 107 Å². The van der Waals surface area contributed by atoms with Gasteiger partial charge in [-0.15, -0.1) is 0 Å². The Morgan fingerprint density at radius 2 is 1.01 bits per heavy atom. The molecule has 4 aromatic rings. The van der Waals surface area contributed by atoms with Gasteiger partial charge in [0.05, 0.1) is 12.2 Å².